The van der Waals surface area contributed by atoms with Gasteiger partial charge in [0, 0.05) is 35.3 Å². The smallest absolute Gasteiger partial charge is 0.287 e. The number of hydrogen-bond acceptors (Lipinski definition) is 5. The number of carbonyl (C=O) groups excluding carboxylic acids is 2. The van der Waals surface area contributed by atoms with Crippen LogP contribution < -0.4 is 16.2 Å². The van der Waals surface area contributed by atoms with E-state index in [1.807, 2.05) is 12.1 Å². The average Bonchev–Trinajstić information content (AvgIpc) is 2.78. The summed E-state index contributed by atoms with van der Waals surface area (Å²) in [6.07, 6.45) is 4.90. The number of pyridine rings is 1. The first kappa shape index (κ1) is 20.7. The minimum absolute atomic E-state index is 0. The Kier molecular flexibility index (Phi) is 6.49. The molecule has 8 nitrogen and oxygen atoms in total. The van der Waals surface area contributed by atoms with Crippen molar-refractivity contribution in [2.24, 2.45) is 0 Å². The maximum absolute atomic E-state index is 12.4. The number of carbonyl (C=O) groups is 2. The molecular weight excluding hydrogens is 382 g/mol. The molecular formula is C22H27N5O3. The second kappa shape index (κ2) is 9.42. The van der Waals surface area contributed by atoms with Crippen LogP contribution in [0, 0.1) is 0 Å². The van der Waals surface area contributed by atoms with Crippen LogP contribution in [0.5, 0.6) is 0 Å². The van der Waals surface area contributed by atoms with Gasteiger partial charge in [-0.1, -0.05) is 37.8 Å². The van der Waals surface area contributed by atoms with Gasteiger partial charge in [-0.2, -0.15) is 0 Å². The van der Waals surface area contributed by atoms with Crippen LogP contribution in [0.3, 0.4) is 0 Å². The molecule has 0 aliphatic heterocycles. The number of anilines is 1. The lowest BCUT2D eigenvalue weighted by molar-refractivity contribution is -0.115. The Morgan fingerprint density at radius 2 is 2.07 bits per heavy atom. The van der Waals surface area contributed by atoms with Crippen molar-refractivity contribution in [3.05, 3.63) is 82.7 Å². The van der Waals surface area contributed by atoms with Gasteiger partial charge in [-0.3, -0.25) is 19.4 Å². The highest BCUT2D eigenvalue weighted by Crippen LogP contribution is 2.19. The van der Waals surface area contributed by atoms with E-state index in [0.717, 1.165) is 11.1 Å². The lowest BCUT2D eigenvalue weighted by Crippen LogP contribution is -2.28. The van der Waals surface area contributed by atoms with E-state index in [1.165, 1.54) is 6.20 Å². The minimum atomic E-state index is -0.522. The number of nitrogens with one attached hydrogen (secondary N) is 3. The van der Waals surface area contributed by atoms with E-state index in [9.17, 15) is 14.4 Å². The molecule has 1 aromatic carbocycles. The quantitative estimate of drug-likeness (QED) is 0.552. The highest BCUT2D eigenvalue weighted by Gasteiger charge is 2.12. The molecule has 0 saturated heterocycles. The molecule has 3 rings (SSSR count). The number of aromatic amines is 1. The van der Waals surface area contributed by atoms with Crippen LogP contribution >= 0.6 is 0 Å². The van der Waals surface area contributed by atoms with Crippen LogP contribution in [0.25, 0.3) is 17.3 Å². The molecule has 8 heteroatoms. The van der Waals surface area contributed by atoms with Gasteiger partial charge in [0.25, 0.3) is 11.5 Å². The predicted octanol–water partition coefficient (Wildman–Crippen LogP) is 3.49. The maximum atomic E-state index is 12.4. The predicted molar refractivity (Wildman–Crippen MR) is 121 cm³/mol. The van der Waals surface area contributed by atoms with E-state index in [1.54, 1.807) is 43.5 Å². The summed E-state index contributed by atoms with van der Waals surface area (Å²) in [6.45, 7) is 5.69. The van der Waals surface area contributed by atoms with E-state index < -0.39 is 11.5 Å². The molecule has 0 spiro atoms. The molecule has 0 unspecified atom stereocenters. The second-order valence-corrected chi connectivity index (χ2v) is 6.40. The normalized spacial score (nSPS) is 10.3. The largest absolute Gasteiger partial charge is 0.345 e. The fraction of sp³-hybridized carbons (Fsp3) is 0.136. The molecule has 3 N–H and O–H groups in total. The van der Waals surface area contributed by atoms with Crippen LogP contribution in [0.4, 0.5) is 5.69 Å². The van der Waals surface area contributed by atoms with Crippen molar-refractivity contribution in [1.29, 1.82) is 0 Å². The lowest BCUT2D eigenvalue weighted by atomic mass is 10.1. The van der Waals surface area contributed by atoms with Gasteiger partial charge in [-0.05, 0) is 29.3 Å². The summed E-state index contributed by atoms with van der Waals surface area (Å²) in [5.41, 5.74) is 2.48. The first-order chi connectivity index (χ1) is 14.5. The van der Waals surface area contributed by atoms with Crippen molar-refractivity contribution in [3.8, 4) is 11.3 Å². The Morgan fingerprint density at radius 3 is 2.73 bits per heavy atom. The third kappa shape index (κ3) is 4.85. The first-order valence-electron chi connectivity index (χ1n) is 9.36. The molecule has 0 fully saturated rings. The van der Waals surface area contributed by atoms with Crippen molar-refractivity contribution in [3.63, 3.8) is 0 Å². The van der Waals surface area contributed by atoms with Gasteiger partial charge < -0.3 is 15.6 Å². The van der Waals surface area contributed by atoms with E-state index in [0.29, 0.717) is 17.8 Å². The summed E-state index contributed by atoms with van der Waals surface area (Å²) in [5.74, 6) is -0.734. The Hall–Kier alpha value is -4.07. The van der Waals surface area contributed by atoms with E-state index in [2.05, 4.69) is 32.2 Å². The third-order valence-corrected chi connectivity index (χ3v) is 4.34. The molecule has 3 aromatic rings. The van der Waals surface area contributed by atoms with Gasteiger partial charge in [0.2, 0.25) is 5.91 Å². The summed E-state index contributed by atoms with van der Waals surface area (Å²) >= 11 is 0. The summed E-state index contributed by atoms with van der Waals surface area (Å²) in [7, 11) is 0. The zero-order valence-corrected chi connectivity index (χ0v) is 16.4. The van der Waals surface area contributed by atoms with E-state index >= 15 is 0 Å². The van der Waals surface area contributed by atoms with Crippen LogP contribution in [0.1, 0.15) is 39.4 Å². The molecule has 158 valence electrons. The summed E-state index contributed by atoms with van der Waals surface area (Å²) < 4.78 is 0. The van der Waals surface area contributed by atoms with Crippen LogP contribution in [0.15, 0.2) is 60.2 Å². The number of H-pyrrole nitrogens is 1. The Morgan fingerprint density at radius 1 is 1.23 bits per heavy atom. The Labute approximate surface area is 177 Å². The SMILES string of the molecule is C=Cc1ccc(CNC(=O)c2ncc(-c3ccccn3)c(=O)[nH]2)cc1NC(=O)CC.[HH].[HH].[HH]. The van der Waals surface area contributed by atoms with Crippen molar-refractivity contribution in [2.75, 3.05) is 5.32 Å². The van der Waals surface area contributed by atoms with Gasteiger partial charge in [0.05, 0.1) is 11.3 Å². The third-order valence-electron chi connectivity index (χ3n) is 4.34. The van der Waals surface area contributed by atoms with Gasteiger partial charge in [0.1, 0.15) is 0 Å². The molecule has 0 saturated carbocycles. The molecule has 2 amide bonds. The molecule has 30 heavy (non-hydrogen) atoms. The molecule has 0 aliphatic rings. The number of benzene rings is 1. The maximum Gasteiger partial charge on any atom is 0.287 e. The van der Waals surface area contributed by atoms with Gasteiger partial charge in [0.15, 0.2) is 5.82 Å². The standard InChI is InChI=1S/C22H21N5O3.3H2/c1-3-15-9-8-14(11-18(15)26-19(28)4-2)12-25-22(30)20-24-13-16(21(29)27-20)17-7-5-6-10-23-17;;;/h3,5-11,13H,1,4,12H2,2H3,(H,25,30)(H,26,28)(H,24,27,29);3*1H. The van der Waals surface area contributed by atoms with Crippen LogP contribution in [-0.4, -0.2) is 26.8 Å². The van der Waals surface area contributed by atoms with Gasteiger partial charge in [-0.15, -0.1) is 0 Å². The topological polar surface area (TPSA) is 117 Å². The summed E-state index contributed by atoms with van der Waals surface area (Å²) in [5, 5.41) is 5.52. The second-order valence-electron chi connectivity index (χ2n) is 6.40. The summed E-state index contributed by atoms with van der Waals surface area (Å²) in [4.78, 5) is 47.1. The lowest BCUT2D eigenvalue weighted by Gasteiger charge is -2.11. The summed E-state index contributed by atoms with van der Waals surface area (Å²) in [6, 6.07) is 10.6. The van der Waals surface area contributed by atoms with Crippen LogP contribution in [-0.2, 0) is 11.3 Å². The number of aromatic nitrogens is 3. The average molecular weight is 409 g/mol. The van der Waals surface area contributed by atoms with Crippen molar-refractivity contribution < 1.29 is 13.9 Å². The highest BCUT2D eigenvalue weighted by molar-refractivity contribution is 5.93. The fourth-order valence-corrected chi connectivity index (χ4v) is 2.72. The number of amides is 2. The molecule has 0 bridgehead atoms. The fourth-order valence-electron chi connectivity index (χ4n) is 2.72. The molecule has 0 radical (unpaired) electrons. The van der Waals surface area contributed by atoms with Crippen molar-refractivity contribution in [1.82, 2.24) is 20.3 Å². The molecule has 2 heterocycles. The van der Waals surface area contributed by atoms with E-state index in [-0.39, 0.29) is 28.1 Å². The minimum Gasteiger partial charge on any atom is -0.345 e. The number of hydrogen-bond donors (Lipinski definition) is 3. The van der Waals surface area contributed by atoms with Gasteiger partial charge >= 0.3 is 0 Å². The zero-order valence-electron chi connectivity index (χ0n) is 16.4. The monoisotopic (exact) mass is 409 g/mol. The van der Waals surface area contributed by atoms with E-state index in [4.69, 9.17) is 0 Å². The zero-order chi connectivity index (χ0) is 21.5. The van der Waals surface area contributed by atoms with Crippen molar-refractivity contribution in [2.45, 2.75) is 19.9 Å². The first-order valence-corrected chi connectivity index (χ1v) is 9.36. The molecule has 0 atom stereocenters. The number of rotatable bonds is 7. The van der Waals surface area contributed by atoms with Gasteiger partial charge in [-0.25, -0.2) is 4.98 Å². The highest BCUT2D eigenvalue weighted by atomic mass is 16.2. The van der Waals surface area contributed by atoms with Crippen LogP contribution in [0.2, 0.25) is 0 Å². The molecule has 0 aliphatic carbocycles. The molecule has 2 aromatic heterocycles. The Balaban J connectivity index is 0.00000341. The van der Waals surface area contributed by atoms with Crippen molar-refractivity contribution >= 4 is 23.6 Å². The Bertz CT molecular complexity index is 1150. The number of nitrogens with zero attached hydrogens (tertiary/aromatic N) is 2.